The van der Waals surface area contributed by atoms with Crippen molar-refractivity contribution in [2.45, 2.75) is 179 Å². The number of rotatable bonds is 24. The molecule has 0 spiro atoms. The number of nitrogens with one attached hydrogen (secondary N) is 5. The van der Waals surface area contributed by atoms with Crippen LogP contribution in [0.5, 0.6) is 0 Å². The highest BCUT2D eigenvalue weighted by atomic mass is 32.1. The quantitative estimate of drug-likeness (QED) is 0.0368. The van der Waals surface area contributed by atoms with Gasteiger partial charge in [0.15, 0.2) is 5.01 Å². The van der Waals surface area contributed by atoms with Gasteiger partial charge in [0.2, 0.25) is 34.7 Å². The Kier molecular flexibility index (Phi) is 20.4. The lowest BCUT2D eigenvalue weighted by atomic mass is 9.83. The highest BCUT2D eigenvalue weighted by Crippen LogP contribution is 2.37. The van der Waals surface area contributed by atoms with E-state index in [9.17, 15) is 29.2 Å². The van der Waals surface area contributed by atoms with Gasteiger partial charge in [-0.1, -0.05) is 93.4 Å². The van der Waals surface area contributed by atoms with Gasteiger partial charge in [-0.15, -0.1) is 10.2 Å². The monoisotopic (exact) mass is 1120 g/mol. The normalized spacial score (nSPS) is 19.2. The topological polar surface area (TPSA) is 235 Å². The number of piperazine rings is 1. The fraction of sp³-hybridized carbons (Fsp3) is 0.574. The van der Waals surface area contributed by atoms with Crippen molar-refractivity contribution in [2.75, 3.05) is 50.0 Å². The average Bonchev–Trinajstić information content (AvgIpc) is 4.27. The van der Waals surface area contributed by atoms with Crippen molar-refractivity contribution in [3.05, 3.63) is 77.6 Å². The van der Waals surface area contributed by atoms with E-state index in [0.717, 1.165) is 147 Å². The maximum atomic E-state index is 14.7. The van der Waals surface area contributed by atoms with Crippen molar-refractivity contribution in [2.24, 2.45) is 5.92 Å². The number of aromatic nitrogens is 5. The van der Waals surface area contributed by atoms with Crippen molar-refractivity contribution >= 4 is 57.2 Å². The molecule has 0 bridgehead atoms. The van der Waals surface area contributed by atoms with Gasteiger partial charge in [-0.3, -0.25) is 29.0 Å². The molecule has 432 valence electrons. The molecule has 2 aliphatic carbocycles. The second-order valence-electron chi connectivity index (χ2n) is 23.0. The Labute approximate surface area is 480 Å². The Morgan fingerprint density at radius 1 is 0.815 bits per heavy atom. The van der Waals surface area contributed by atoms with Crippen molar-refractivity contribution in [1.29, 1.82) is 5.26 Å². The van der Waals surface area contributed by atoms with Crippen molar-refractivity contribution < 1.29 is 24.0 Å². The summed E-state index contributed by atoms with van der Waals surface area (Å²) >= 11 is 1.52. The molecular weight excluding hydrogens is 1040 g/mol. The summed E-state index contributed by atoms with van der Waals surface area (Å²) in [5.74, 6) is -0.589. The summed E-state index contributed by atoms with van der Waals surface area (Å²) in [6.45, 7) is 8.82. The molecule has 81 heavy (non-hydrogen) atoms. The lowest BCUT2D eigenvalue weighted by molar-refractivity contribution is -0.143. The third-order valence-corrected chi connectivity index (χ3v) is 17.8. The molecule has 9 rings (SSSR count). The SMILES string of the molecule is CN[C@@H](C)C(=O)NC(C(=O)N1C[C@@H](NC(=O)CCCCCCCCCCC(=O)N2CCN(c3nnc(-c4cnc(-c5ccc6cc(C#N)cnn56)cc4NC(C)C)s3)CC2)C[C@H]1C(=O)N[C@@H]1CCCc2ccccc21)C1CCCCC1. The molecule has 19 nitrogen and oxygen atoms in total. The first-order chi connectivity index (χ1) is 39.4. The minimum Gasteiger partial charge on any atom is -0.382 e. The first kappa shape index (κ1) is 58.7. The molecule has 1 aromatic carbocycles. The van der Waals surface area contributed by atoms with Crippen molar-refractivity contribution in [3.8, 4) is 28.0 Å². The van der Waals surface area contributed by atoms with E-state index in [4.69, 9.17) is 4.98 Å². The predicted octanol–water partition coefficient (Wildman–Crippen LogP) is 8.11. The summed E-state index contributed by atoms with van der Waals surface area (Å²) in [5, 5.41) is 40.6. The van der Waals surface area contributed by atoms with Crippen LogP contribution in [0, 0.1) is 17.2 Å². The predicted molar refractivity (Wildman–Crippen MR) is 315 cm³/mol. The molecule has 4 aliphatic rings. The number of likely N-dealkylation sites (tertiary alicyclic amines) is 1. The summed E-state index contributed by atoms with van der Waals surface area (Å²) in [6, 6.07) is 15.7. The minimum absolute atomic E-state index is 0.0204. The van der Waals surface area contributed by atoms with Gasteiger partial charge in [-0.05, 0) is 120 Å². The second kappa shape index (κ2) is 28.1. The molecule has 6 heterocycles. The van der Waals surface area contributed by atoms with Gasteiger partial charge in [0.1, 0.15) is 18.2 Å². The molecule has 5 aromatic rings. The molecule has 2 aliphatic heterocycles. The van der Waals surface area contributed by atoms with Crippen LogP contribution in [0.3, 0.4) is 0 Å². The van der Waals surface area contributed by atoms with Crippen LogP contribution in [-0.4, -0.2) is 134 Å². The third kappa shape index (κ3) is 14.9. The third-order valence-electron chi connectivity index (χ3n) is 16.8. The number of nitriles is 1. The molecule has 5 amide bonds. The van der Waals surface area contributed by atoms with E-state index in [-0.39, 0.29) is 60.1 Å². The second-order valence-corrected chi connectivity index (χ2v) is 23.9. The molecule has 4 aromatic heterocycles. The summed E-state index contributed by atoms with van der Waals surface area (Å²) < 4.78 is 1.78. The van der Waals surface area contributed by atoms with Crippen LogP contribution in [0.15, 0.2) is 60.9 Å². The Morgan fingerprint density at radius 2 is 1.56 bits per heavy atom. The summed E-state index contributed by atoms with van der Waals surface area (Å²) in [6.07, 6.45) is 20.0. The summed E-state index contributed by atoms with van der Waals surface area (Å²) in [7, 11) is 1.72. The van der Waals surface area contributed by atoms with Crippen LogP contribution in [0.1, 0.15) is 159 Å². The molecule has 5 N–H and O–H groups in total. The highest BCUT2D eigenvalue weighted by molar-refractivity contribution is 7.18. The molecule has 2 saturated heterocycles. The number of pyridine rings is 1. The van der Waals surface area contributed by atoms with Gasteiger partial charge < -0.3 is 41.3 Å². The van der Waals surface area contributed by atoms with Crippen molar-refractivity contribution in [3.63, 3.8) is 0 Å². The molecule has 5 atom stereocenters. The Bertz CT molecular complexity index is 3010. The molecule has 3 fully saturated rings. The van der Waals surface area contributed by atoms with Gasteiger partial charge in [0.25, 0.3) is 0 Å². The number of hydrogen-bond acceptors (Lipinski definition) is 14. The summed E-state index contributed by atoms with van der Waals surface area (Å²) in [5.41, 5.74) is 6.98. The largest absolute Gasteiger partial charge is 0.382 e. The van der Waals surface area contributed by atoms with Crippen molar-refractivity contribution in [1.82, 2.24) is 55.9 Å². The van der Waals surface area contributed by atoms with E-state index in [0.29, 0.717) is 51.0 Å². The number of fused-ring (bicyclic) bond motifs is 2. The Hall–Kier alpha value is -6.98. The maximum absolute atomic E-state index is 14.7. The maximum Gasteiger partial charge on any atom is 0.246 e. The van der Waals surface area contributed by atoms with Crippen LogP contribution >= 0.6 is 11.3 Å². The van der Waals surface area contributed by atoms with E-state index < -0.39 is 18.1 Å². The van der Waals surface area contributed by atoms with Gasteiger partial charge >= 0.3 is 0 Å². The van der Waals surface area contributed by atoms with E-state index >= 15 is 0 Å². The molecule has 20 heteroatoms. The highest BCUT2D eigenvalue weighted by Gasteiger charge is 2.45. The summed E-state index contributed by atoms with van der Waals surface area (Å²) in [4.78, 5) is 79.6. The molecule has 1 unspecified atom stereocenters. The number of carbonyl (C=O) groups is 5. The number of amides is 5. The Balaban J connectivity index is 0.678. The average molecular weight is 1120 g/mol. The zero-order valence-electron chi connectivity index (χ0n) is 47.8. The van der Waals surface area contributed by atoms with Gasteiger partial charge in [-0.25, -0.2) is 4.52 Å². The number of aryl methyl sites for hydroxylation is 1. The number of likely N-dealkylation sites (N-methyl/N-ethyl adjacent to an activating group) is 1. The van der Waals surface area contributed by atoms with Crippen LogP contribution in [0.2, 0.25) is 0 Å². The van der Waals surface area contributed by atoms with Crippen LogP contribution in [0.25, 0.3) is 27.5 Å². The smallest absolute Gasteiger partial charge is 0.246 e. The Morgan fingerprint density at radius 3 is 2.30 bits per heavy atom. The fourth-order valence-corrected chi connectivity index (χ4v) is 13.1. The van der Waals surface area contributed by atoms with E-state index in [1.54, 1.807) is 35.6 Å². The zero-order valence-corrected chi connectivity index (χ0v) is 48.6. The number of unbranched alkanes of at least 4 members (excludes halogenated alkanes) is 7. The number of benzene rings is 1. The number of carbonyl (C=O) groups excluding carboxylic acids is 5. The van der Waals surface area contributed by atoms with Gasteiger partial charge in [0, 0.05) is 69.5 Å². The number of nitrogens with zero attached hydrogens (tertiary/aromatic N) is 9. The minimum atomic E-state index is -0.768. The van der Waals surface area contributed by atoms with Crippen LogP contribution in [-0.2, 0) is 30.4 Å². The van der Waals surface area contributed by atoms with E-state index in [2.05, 4.69) is 78.8 Å². The first-order valence-electron chi connectivity index (χ1n) is 29.8. The fourth-order valence-electron chi connectivity index (χ4n) is 12.2. The van der Waals surface area contributed by atoms with E-state index in [1.165, 1.54) is 16.9 Å². The van der Waals surface area contributed by atoms with E-state index in [1.807, 2.05) is 41.4 Å². The lowest BCUT2D eigenvalue weighted by Gasteiger charge is -2.35. The first-order valence-corrected chi connectivity index (χ1v) is 30.7. The molecule has 0 radical (unpaired) electrons. The molecular formula is C61H82N14O5S. The molecule has 1 saturated carbocycles. The van der Waals surface area contributed by atoms with Crippen LogP contribution in [0.4, 0.5) is 10.8 Å². The number of anilines is 2. The lowest BCUT2D eigenvalue weighted by Crippen LogP contribution is -2.58. The van der Waals surface area contributed by atoms with Gasteiger partial charge in [-0.2, -0.15) is 10.4 Å². The number of hydrogen-bond donors (Lipinski definition) is 5. The standard InChI is InChI=1S/C61H82N14O5S/c1-40(2)66-50-35-51(52-28-27-46-33-42(36-62)37-65-75(46)52)64-38-48(50)59-70-71-61(81-59)73-31-29-72(30-32-73)55(77)26-15-10-8-6-5-7-9-14-25-54(76)67-45-34-53(58(79)68-49-24-18-22-43-19-16-17-23-47(43)49)74(39-45)60(80)56(44-20-12-11-13-21-44)69-57(78)41(3)63-4/h16-17,19,23,27-28,33,35,37-38,40-41,44-45,49,53,56,63H,5-15,18,20-22,24-26,29-32,34,39H2,1-4H3,(H,64,66)(H,67,76)(H,68,79)(H,69,78)/t41-,45-,49+,53-,56?/m0/s1. The zero-order chi connectivity index (χ0) is 56.8. The van der Waals surface area contributed by atoms with Crippen LogP contribution < -0.4 is 31.5 Å². The van der Waals surface area contributed by atoms with Gasteiger partial charge in [0.05, 0.1) is 46.3 Å².